The molecular weight excluding hydrogens is 214 g/mol. The van der Waals surface area contributed by atoms with Crippen molar-refractivity contribution >= 4 is 5.82 Å². The lowest BCUT2D eigenvalue weighted by Gasteiger charge is -2.03. The monoisotopic (exact) mass is 223 g/mol. The first kappa shape index (κ1) is 10.7. The highest BCUT2D eigenvalue weighted by atomic mass is 15.3. The Morgan fingerprint density at radius 1 is 1.24 bits per heavy atom. The minimum Gasteiger partial charge on any atom is -0.381 e. The zero-order chi connectivity index (χ0) is 12.3. The Morgan fingerprint density at radius 2 is 1.94 bits per heavy atom. The minimum absolute atomic E-state index is 0.0992. The van der Waals surface area contributed by atoms with E-state index in [4.69, 9.17) is 16.3 Å². The van der Waals surface area contributed by atoms with Crippen LogP contribution in [0.5, 0.6) is 0 Å². The molecule has 0 saturated heterocycles. The highest BCUT2D eigenvalue weighted by Crippen LogP contribution is 2.20. The average molecular weight is 223 g/mol. The van der Waals surface area contributed by atoms with E-state index in [0.717, 1.165) is 5.69 Å². The molecule has 1 heterocycles. The van der Waals surface area contributed by atoms with Crippen LogP contribution in [0.3, 0.4) is 0 Å². The predicted octanol–water partition coefficient (Wildman–Crippen LogP) is 1.39. The molecule has 5 nitrogen and oxygen atoms in total. The molecule has 2 rings (SSSR count). The number of nitriles is 2. The molecular formula is C12H9N5. The summed E-state index contributed by atoms with van der Waals surface area (Å²) >= 11 is 0. The van der Waals surface area contributed by atoms with Gasteiger partial charge in [0.25, 0.3) is 0 Å². The van der Waals surface area contributed by atoms with E-state index in [0.29, 0.717) is 5.69 Å². The molecule has 1 aromatic heterocycles. The lowest BCUT2D eigenvalue weighted by Crippen LogP contribution is -2.02. The third kappa shape index (κ3) is 1.82. The fourth-order valence-electron chi connectivity index (χ4n) is 1.61. The third-order valence-corrected chi connectivity index (χ3v) is 2.37. The van der Waals surface area contributed by atoms with Crippen molar-refractivity contribution in [2.75, 3.05) is 5.73 Å². The van der Waals surface area contributed by atoms with E-state index in [2.05, 4.69) is 5.10 Å². The quantitative estimate of drug-likeness (QED) is 0.832. The molecule has 5 heteroatoms. The molecule has 0 aliphatic heterocycles. The molecule has 0 fully saturated rings. The molecule has 0 bridgehead atoms. The molecule has 17 heavy (non-hydrogen) atoms. The van der Waals surface area contributed by atoms with E-state index in [1.807, 2.05) is 42.5 Å². The van der Waals surface area contributed by atoms with E-state index >= 15 is 0 Å². The van der Waals surface area contributed by atoms with Gasteiger partial charge in [0.2, 0.25) is 0 Å². The van der Waals surface area contributed by atoms with Crippen LogP contribution in [-0.4, -0.2) is 9.78 Å². The van der Waals surface area contributed by atoms with Crippen LogP contribution in [0, 0.1) is 22.7 Å². The molecule has 82 valence electrons. The zero-order valence-corrected chi connectivity index (χ0v) is 8.96. The summed E-state index contributed by atoms with van der Waals surface area (Å²) in [5, 5.41) is 21.9. The van der Waals surface area contributed by atoms with Crippen LogP contribution in [0.1, 0.15) is 11.3 Å². The predicted molar refractivity (Wildman–Crippen MR) is 62.0 cm³/mol. The molecule has 2 N–H and O–H groups in total. The summed E-state index contributed by atoms with van der Waals surface area (Å²) in [5.41, 5.74) is 7.24. The number of nitrogens with zero attached hydrogens (tertiary/aromatic N) is 4. The van der Waals surface area contributed by atoms with Crippen molar-refractivity contribution in [1.29, 1.82) is 10.5 Å². The van der Waals surface area contributed by atoms with Crippen LogP contribution in [0.15, 0.2) is 30.3 Å². The van der Waals surface area contributed by atoms with Gasteiger partial charge < -0.3 is 5.73 Å². The van der Waals surface area contributed by atoms with E-state index in [9.17, 15) is 0 Å². The van der Waals surface area contributed by atoms with Crippen molar-refractivity contribution in [3.05, 3.63) is 41.6 Å². The molecule has 2 aromatic rings. The second-order valence-corrected chi connectivity index (χ2v) is 3.40. The molecule has 0 spiro atoms. The number of anilines is 1. The molecule has 0 aliphatic carbocycles. The molecule has 0 aliphatic rings. The molecule has 0 unspecified atom stereocenters. The zero-order valence-electron chi connectivity index (χ0n) is 8.96. The van der Waals surface area contributed by atoms with Crippen LogP contribution < -0.4 is 5.73 Å². The molecule has 1 aromatic carbocycles. The Morgan fingerprint density at radius 3 is 2.53 bits per heavy atom. The SMILES string of the molecule is N#CCc1c(C#N)c(N)nn1-c1ccccc1. The number of nitrogens with two attached hydrogens (primary N) is 1. The fraction of sp³-hybridized carbons (Fsp3) is 0.0833. The van der Waals surface area contributed by atoms with Crippen molar-refractivity contribution in [3.8, 4) is 17.8 Å². The van der Waals surface area contributed by atoms with Crippen LogP contribution in [0.25, 0.3) is 5.69 Å². The Labute approximate surface area is 98.3 Å². The highest BCUT2D eigenvalue weighted by Gasteiger charge is 2.16. The van der Waals surface area contributed by atoms with Gasteiger partial charge in [-0.2, -0.15) is 10.5 Å². The topological polar surface area (TPSA) is 91.4 Å². The van der Waals surface area contributed by atoms with Crippen LogP contribution in [-0.2, 0) is 6.42 Å². The van der Waals surface area contributed by atoms with Gasteiger partial charge >= 0.3 is 0 Å². The van der Waals surface area contributed by atoms with Gasteiger partial charge in [0.05, 0.1) is 23.9 Å². The largest absolute Gasteiger partial charge is 0.381 e. The summed E-state index contributed by atoms with van der Waals surface area (Å²) < 4.78 is 1.54. The van der Waals surface area contributed by atoms with Gasteiger partial charge in [-0.05, 0) is 12.1 Å². The summed E-state index contributed by atoms with van der Waals surface area (Å²) in [6.45, 7) is 0. The second kappa shape index (κ2) is 4.38. The van der Waals surface area contributed by atoms with Gasteiger partial charge in [-0.25, -0.2) is 4.68 Å². The first-order chi connectivity index (χ1) is 8.27. The summed E-state index contributed by atoms with van der Waals surface area (Å²) in [4.78, 5) is 0. The van der Waals surface area contributed by atoms with Gasteiger partial charge in [0.15, 0.2) is 5.82 Å². The van der Waals surface area contributed by atoms with Crippen molar-refractivity contribution in [3.63, 3.8) is 0 Å². The van der Waals surface area contributed by atoms with Gasteiger partial charge in [-0.15, -0.1) is 5.10 Å². The van der Waals surface area contributed by atoms with E-state index in [1.54, 1.807) is 0 Å². The van der Waals surface area contributed by atoms with Gasteiger partial charge in [-0.3, -0.25) is 0 Å². The van der Waals surface area contributed by atoms with Crippen molar-refractivity contribution < 1.29 is 0 Å². The number of aromatic nitrogens is 2. The first-order valence-corrected chi connectivity index (χ1v) is 4.97. The maximum absolute atomic E-state index is 8.99. The Kier molecular flexibility index (Phi) is 2.76. The van der Waals surface area contributed by atoms with Crippen LogP contribution in [0.2, 0.25) is 0 Å². The second-order valence-electron chi connectivity index (χ2n) is 3.40. The molecule has 0 radical (unpaired) electrons. The van der Waals surface area contributed by atoms with Crippen molar-refractivity contribution in [1.82, 2.24) is 9.78 Å². The number of hydrogen-bond donors (Lipinski definition) is 1. The third-order valence-electron chi connectivity index (χ3n) is 2.37. The molecule has 0 amide bonds. The van der Waals surface area contributed by atoms with Gasteiger partial charge in [0.1, 0.15) is 11.6 Å². The van der Waals surface area contributed by atoms with Crippen molar-refractivity contribution in [2.24, 2.45) is 0 Å². The molecule has 0 saturated carbocycles. The fourth-order valence-corrected chi connectivity index (χ4v) is 1.61. The summed E-state index contributed by atoms with van der Waals surface area (Å²) in [6, 6.07) is 13.3. The maximum atomic E-state index is 8.99. The minimum atomic E-state index is 0.0992. The van der Waals surface area contributed by atoms with Gasteiger partial charge in [0, 0.05) is 0 Å². The van der Waals surface area contributed by atoms with Crippen LogP contribution >= 0.6 is 0 Å². The number of para-hydroxylation sites is 1. The smallest absolute Gasteiger partial charge is 0.164 e. The van der Waals surface area contributed by atoms with E-state index < -0.39 is 0 Å². The first-order valence-electron chi connectivity index (χ1n) is 4.97. The number of rotatable bonds is 2. The maximum Gasteiger partial charge on any atom is 0.164 e. The number of nitrogen functional groups attached to an aromatic ring is 1. The normalized spacial score (nSPS) is 9.53. The Balaban J connectivity index is 2.64. The highest BCUT2D eigenvalue weighted by molar-refractivity contribution is 5.54. The Bertz CT molecular complexity index is 613. The van der Waals surface area contributed by atoms with Crippen LogP contribution in [0.4, 0.5) is 5.82 Å². The lowest BCUT2D eigenvalue weighted by atomic mass is 10.2. The Hall–Kier alpha value is -2.79. The van der Waals surface area contributed by atoms with E-state index in [-0.39, 0.29) is 17.8 Å². The van der Waals surface area contributed by atoms with E-state index in [1.165, 1.54) is 4.68 Å². The molecule has 0 atom stereocenters. The summed E-state index contributed by atoms with van der Waals surface area (Å²) in [7, 11) is 0. The van der Waals surface area contributed by atoms with Gasteiger partial charge in [-0.1, -0.05) is 18.2 Å². The lowest BCUT2D eigenvalue weighted by molar-refractivity contribution is 0.834. The summed E-state index contributed by atoms with van der Waals surface area (Å²) in [6.07, 6.45) is 0.0992. The number of benzene rings is 1. The van der Waals surface area contributed by atoms with Crippen molar-refractivity contribution in [2.45, 2.75) is 6.42 Å². The standard InChI is InChI=1S/C12H9N5/c13-7-6-11-10(8-14)12(15)16-17(11)9-4-2-1-3-5-9/h1-5H,6H2,(H2,15,16). The average Bonchev–Trinajstić information content (AvgIpc) is 2.67. The number of hydrogen-bond acceptors (Lipinski definition) is 4. The summed E-state index contributed by atoms with van der Waals surface area (Å²) in [5.74, 6) is 0.154.